The highest BCUT2D eigenvalue weighted by molar-refractivity contribution is 5.85. The minimum Gasteiger partial charge on any atom is -0.481 e. The first-order valence-electron chi connectivity index (χ1n) is 5.11. The number of carbonyl (C=O) groups excluding carboxylic acids is 1. The number of halogens is 3. The molecule has 0 bridgehead atoms. The van der Waals surface area contributed by atoms with E-state index in [0.29, 0.717) is 0 Å². The quantitative estimate of drug-likeness (QED) is 0.905. The molecular formula is C12H11F3O3. The van der Waals surface area contributed by atoms with Gasteiger partial charge in [0.05, 0.1) is 11.5 Å². The van der Waals surface area contributed by atoms with Crippen molar-refractivity contribution in [2.45, 2.75) is 25.4 Å². The molecule has 0 amide bonds. The van der Waals surface area contributed by atoms with Crippen molar-refractivity contribution in [1.29, 1.82) is 0 Å². The van der Waals surface area contributed by atoms with Gasteiger partial charge in [0, 0.05) is 6.42 Å². The first-order valence-corrected chi connectivity index (χ1v) is 5.11. The summed E-state index contributed by atoms with van der Waals surface area (Å²) in [5.41, 5.74) is -0.942. The number of carboxylic acid groups (broad SMARTS) is 1. The maximum atomic E-state index is 12.5. The molecule has 0 aliphatic carbocycles. The van der Waals surface area contributed by atoms with Gasteiger partial charge < -0.3 is 5.11 Å². The Balaban J connectivity index is 3.13. The van der Waals surface area contributed by atoms with Crippen molar-refractivity contribution in [1.82, 2.24) is 0 Å². The predicted molar refractivity (Wildman–Crippen MR) is 57.1 cm³/mol. The molecule has 0 aromatic heterocycles. The van der Waals surface area contributed by atoms with Gasteiger partial charge in [0.2, 0.25) is 0 Å². The average molecular weight is 260 g/mol. The molecule has 0 radical (unpaired) electrons. The number of alkyl halides is 3. The van der Waals surface area contributed by atoms with Crippen LogP contribution in [0.1, 0.15) is 30.4 Å². The van der Waals surface area contributed by atoms with Crippen LogP contribution in [-0.2, 0) is 15.8 Å². The summed E-state index contributed by atoms with van der Waals surface area (Å²) in [5.74, 6) is -2.95. The fourth-order valence-corrected chi connectivity index (χ4v) is 1.57. The minimum absolute atomic E-state index is 0.0208. The van der Waals surface area contributed by atoms with Gasteiger partial charge in [-0.3, -0.25) is 9.59 Å². The van der Waals surface area contributed by atoms with Crippen LogP contribution >= 0.6 is 0 Å². The number of carbonyl (C=O) groups is 2. The second-order valence-electron chi connectivity index (χ2n) is 3.92. The zero-order chi connectivity index (χ0) is 13.9. The third-order valence-corrected chi connectivity index (χ3v) is 2.41. The summed E-state index contributed by atoms with van der Waals surface area (Å²) in [6.45, 7) is 1.20. The van der Waals surface area contributed by atoms with Crippen molar-refractivity contribution in [2.24, 2.45) is 0 Å². The summed E-state index contributed by atoms with van der Waals surface area (Å²) in [5, 5.41) is 8.94. The molecule has 1 N–H and O–H groups in total. The molecule has 1 aromatic rings. The number of hydrogen-bond acceptors (Lipinski definition) is 2. The highest BCUT2D eigenvalue weighted by Crippen LogP contribution is 2.31. The lowest BCUT2D eigenvalue weighted by Gasteiger charge is -2.13. The molecule has 98 valence electrons. The van der Waals surface area contributed by atoms with E-state index in [0.717, 1.165) is 18.2 Å². The van der Waals surface area contributed by atoms with Crippen molar-refractivity contribution in [3.63, 3.8) is 0 Å². The zero-order valence-corrected chi connectivity index (χ0v) is 9.49. The van der Waals surface area contributed by atoms with E-state index in [1.165, 1.54) is 13.0 Å². The van der Waals surface area contributed by atoms with Crippen LogP contribution in [0.2, 0.25) is 0 Å². The molecule has 6 heteroatoms. The Bertz CT molecular complexity index is 466. The fraction of sp³-hybridized carbons (Fsp3) is 0.333. The molecule has 0 saturated carbocycles. The molecule has 0 aliphatic heterocycles. The number of carboxylic acids is 1. The second-order valence-corrected chi connectivity index (χ2v) is 3.92. The van der Waals surface area contributed by atoms with Crippen molar-refractivity contribution in [2.75, 3.05) is 0 Å². The van der Waals surface area contributed by atoms with Crippen LogP contribution in [-0.4, -0.2) is 16.9 Å². The molecule has 3 nitrogen and oxygen atoms in total. The summed E-state index contributed by atoms with van der Waals surface area (Å²) in [7, 11) is 0. The molecule has 1 rings (SSSR count). The number of Topliss-reactive ketones (excluding diaryl/α,β-unsaturated/α-hetero) is 1. The van der Waals surface area contributed by atoms with E-state index in [9.17, 15) is 22.8 Å². The largest absolute Gasteiger partial charge is 0.481 e. The Hall–Kier alpha value is -1.85. The normalized spacial score (nSPS) is 13.1. The zero-order valence-electron chi connectivity index (χ0n) is 9.49. The Labute approximate surface area is 101 Å². The van der Waals surface area contributed by atoms with Crippen LogP contribution in [0.25, 0.3) is 0 Å². The van der Waals surface area contributed by atoms with Gasteiger partial charge in [0.15, 0.2) is 0 Å². The number of hydrogen-bond donors (Lipinski definition) is 1. The number of aliphatic carboxylic acids is 1. The molecule has 0 spiro atoms. The lowest BCUT2D eigenvalue weighted by Crippen LogP contribution is -2.16. The lowest BCUT2D eigenvalue weighted by molar-refractivity contribution is -0.141. The molecular weight excluding hydrogens is 249 g/mol. The van der Waals surface area contributed by atoms with E-state index in [2.05, 4.69) is 0 Å². The van der Waals surface area contributed by atoms with Crippen molar-refractivity contribution in [3.8, 4) is 0 Å². The number of rotatable bonds is 4. The number of ketones is 1. The van der Waals surface area contributed by atoms with Gasteiger partial charge >= 0.3 is 12.1 Å². The molecule has 0 saturated heterocycles. The van der Waals surface area contributed by atoms with Gasteiger partial charge in [-0.1, -0.05) is 18.2 Å². The summed E-state index contributed by atoms with van der Waals surface area (Å²) in [6, 6.07) is 4.03. The molecule has 0 fully saturated rings. The summed E-state index contributed by atoms with van der Waals surface area (Å²) < 4.78 is 37.4. The monoisotopic (exact) mass is 260 g/mol. The highest BCUT2D eigenvalue weighted by Gasteiger charge is 2.32. The Kier molecular flexibility index (Phi) is 4.11. The van der Waals surface area contributed by atoms with Gasteiger partial charge in [0.1, 0.15) is 5.78 Å². The average Bonchev–Trinajstić information content (AvgIpc) is 2.24. The van der Waals surface area contributed by atoms with Crippen LogP contribution in [0.4, 0.5) is 13.2 Å². The van der Waals surface area contributed by atoms with Gasteiger partial charge in [0.25, 0.3) is 0 Å². The molecule has 1 unspecified atom stereocenters. The lowest BCUT2D eigenvalue weighted by atomic mass is 9.93. The van der Waals surface area contributed by atoms with Gasteiger partial charge in [-0.2, -0.15) is 13.2 Å². The van der Waals surface area contributed by atoms with Crippen LogP contribution < -0.4 is 0 Å². The van der Waals surface area contributed by atoms with E-state index in [1.54, 1.807) is 0 Å². The first kappa shape index (κ1) is 14.2. The first-order chi connectivity index (χ1) is 8.21. The maximum absolute atomic E-state index is 12.5. The van der Waals surface area contributed by atoms with Crippen molar-refractivity contribution >= 4 is 11.8 Å². The highest BCUT2D eigenvalue weighted by atomic mass is 19.4. The van der Waals surface area contributed by atoms with E-state index < -0.39 is 23.6 Å². The topological polar surface area (TPSA) is 54.4 Å². The number of benzene rings is 1. The third-order valence-electron chi connectivity index (χ3n) is 2.41. The fourth-order valence-electron chi connectivity index (χ4n) is 1.57. The summed E-state index contributed by atoms with van der Waals surface area (Å²) in [4.78, 5) is 21.9. The Morgan fingerprint density at radius 3 is 2.39 bits per heavy atom. The standard InChI is InChI=1S/C12H11F3O3/c1-7(16)5-10(11(17)18)8-3-2-4-9(6-8)12(13,14)15/h2-4,6,10H,5H2,1H3,(H,17,18). The van der Waals surface area contributed by atoms with Gasteiger partial charge in [-0.15, -0.1) is 0 Å². The van der Waals surface area contributed by atoms with E-state index >= 15 is 0 Å². The SMILES string of the molecule is CC(=O)CC(C(=O)O)c1cccc(C(F)(F)F)c1. The van der Waals surface area contributed by atoms with Gasteiger partial charge in [-0.25, -0.2) is 0 Å². The minimum atomic E-state index is -4.53. The van der Waals surface area contributed by atoms with Crippen LogP contribution in [0.5, 0.6) is 0 Å². The molecule has 1 aromatic carbocycles. The van der Waals surface area contributed by atoms with E-state index in [1.807, 2.05) is 0 Å². The van der Waals surface area contributed by atoms with Gasteiger partial charge in [-0.05, 0) is 18.6 Å². The van der Waals surface area contributed by atoms with Crippen molar-refractivity contribution in [3.05, 3.63) is 35.4 Å². The molecule has 0 aliphatic rings. The molecule has 1 atom stereocenters. The van der Waals surface area contributed by atoms with Crippen LogP contribution in [0.15, 0.2) is 24.3 Å². The van der Waals surface area contributed by atoms with Crippen LogP contribution in [0, 0.1) is 0 Å². The predicted octanol–water partition coefficient (Wildman–Crippen LogP) is 2.85. The summed E-state index contributed by atoms with van der Waals surface area (Å²) in [6.07, 6.45) is -4.86. The van der Waals surface area contributed by atoms with E-state index in [-0.39, 0.29) is 17.8 Å². The van der Waals surface area contributed by atoms with Crippen molar-refractivity contribution < 1.29 is 27.9 Å². The van der Waals surface area contributed by atoms with E-state index in [4.69, 9.17) is 5.11 Å². The third kappa shape index (κ3) is 3.58. The summed E-state index contributed by atoms with van der Waals surface area (Å²) >= 11 is 0. The van der Waals surface area contributed by atoms with Crippen LogP contribution in [0.3, 0.4) is 0 Å². The smallest absolute Gasteiger partial charge is 0.416 e. The maximum Gasteiger partial charge on any atom is 0.416 e. The molecule has 0 heterocycles. The molecule has 18 heavy (non-hydrogen) atoms. The Morgan fingerprint density at radius 1 is 1.33 bits per heavy atom. The second kappa shape index (κ2) is 5.20. The Morgan fingerprint density at radius 2 is 1.94 bits per heavy atom.